The van der Waals surface area contributed by atoms with Crippen molar-refractivity contribution in [1.29, 1.82) is 0 Å². The summed E-state index contributed by atoms with van der Waals surface area (Å²) in [6, 6.07) is 17.0. The van der Waals surface area contributed by atoms with E-state index in [2.05, 4.69) is 71.6 Å². The van der Waals surface area contributed by atoms with E-state index in [9.17, 15) is 4.79 Å². The van der Waals surface area contributed by atoms with Gasteiger partial charge in [-0.25, -0.2) is 0 Å². The molecule has 1 amide bonds. The zero-order valence-electron chi connectivity index (χ0n) is 17.6. The second kappa shape index (κ2) is 7.89. The van der Waals surface area contributed by atoms with Gasteiger partial charge in [-0.3, -0.25) is 4.79 Å². The SMILES string of the molecule is Cc1cc(N2CCN(C)CC2)ccc1NC(=O)c1cc2c(s1)-c1ccccc1CC2. The lowest BCUT2D eigenvalue weighted by Crippen LogP contribution is -2.44. The Morgan fingerprint density at radius 1 is 0.967 bits per heavy atom. The molecule has 5 heteroatoms. The highest BCUT2D eigenvalue weighted by atomic mass is 32.1. The summed E-state index contributed by atoms with van der Waals surface area (Å²) in [6.45, 7) is 6.34. The third-order valence-electron chi connectivity index (χ3n) is 6.29. The minimum Gasteiger partial charge on any atom is -0.369 e. The number of nitrogens with one attached hydrogen (secondary N) is 1. The van der Waals surface area contributed by atoms with Gasteiger partial charge in [-0.15, -0.1) is 11.3 Å². The van der Waals surface area contributed by atoms with Gasteiger partial charge in [-0.1, -0.05) is 24.3 Å². The molecule has 2 aromatic carbocycles. The van der Waals surface area contributed by atoms with Crippen LogP contribution in [0.4, 0.5) is 11.4 Å². The van der Waals surface area contributed by atoms with Crippen LogP contribution in [0.25, 0.3) is 10.4 Å². The van der Waals surface area contributed by atoms with Crippen molar-refractivity contribution in [3.63, 3.8) is 0 Å². The van der Waals surface area contributed by atoms with E-state index < -0.39 is 0 Å². The number of carbonyl (C=O) groups is 1. The number of fused-ring (bicyclic) bond motifs is 3. The predicted octanol–water partition coefficient (Wildman–Crippen LogP) is 4.83. The molecule has 0 saturated carbocycles. The Balaban J connectivity index is 1.33. The Kier molecular flexibility index (Phi) is 5.09. The maximum absolute atomic E-state index is 13.0. The van der Waals surface area contributed by atoms with Gasteiger partial charge < -0.3 is 15.1 Å². The fraction of sp³-hybridized carbons (Fsp3) is 0.320. The molecule has 1 aliphatic carbocycles. The monoisotopic (exact) mass is 417 g/mol. The summed E-state index contributed by atoms with van der Waals surface area (Å²) in [5, 5.41) is 3.14. The quantitative estimate of drug-likeness (QED) is 0.663. The van der Waals surface area contributed by atoms with E-state index in [1.165, 1.54) is 27.3 Å². The van der Waals surface area contributed by atoms with Gasteiger partial charge in [-0.2, -0.15) is 0 Å². The summed E-state index contributed by atoms with van der Waals surface area (Å²) in [6.07, 6.45) is 2.06. The minimum absolute atomic E-state index is 0.0117. The zero-order chi connectivity index (χ0) is 20.7. The highest BCUT2D eigenvalue weighted by Gasteiger charge is 2.22. The molecule has 4 nitrogen and oxygen atoms in total. The largest absolute Gasteiger partial charge is 0.369 e. The molecule has 0 radical (unpaired) electrons. The zero-order valence-corrected chi connectivity index (χ0v) is 18.4. The molecule has 2 heterocycles. The minimum atomic E-state index is -0.0117. The summed E-state index contributed by atoms with van der Waals surface area (Å²) >= 11 is 1.61. The number of anilines is 2. The highest BCUT2D eigenvalue weighted by Crippen LogP contribution is 2.39. The third-order valence-corrected chi connectivity index (χ3v) is 7.49. The Labute approximate surface area is 182 Å². The number of nitrogens with zero attached hydrogens (tertiary/aromatic N) is 2. The number of carbonyl (C=O) groups excluding carboxylic acids is 1. The van der Waals surface area contributed by atoms with Crippen LogP contribution in [0.15, 0.2) is 48.5 Å². The van der Waals surface area contributed by atoms with E-state index in [4.69, 9.17) is 0 Å². The van der Waals surface area contributed by atoms with Gasteiger partial charge in [0, 0.05) is 42.4 Å². The van der Waals surface area contributed by atoms with Gasteiger partial charge in [0.05, 0.1) is 4.88 Å². The molecule has 0 atom stereocenters. The van der Waals surface area contributed by atoms with Crippen LogP contribution in [0.3, 0.4) is 0 Å². The van der Waals surface area contributed by atoms with Gasteiger partial charge in [0.2, 0.25) is 0 Å². The van der Waals surface area contributed by atoms with Crippen molar-refractivity contribution in [1.82, 2.24) is 4.90 Å². The Morgan fingerprint density at radius 2 is 1.73 bits per heavy atom. The average Bonchev–Trinajstić information content (AvgIpc) is 3.21. The molecule has 1 N–H and O–H groups in total. The number of likely N-dealkylation sites (N-methyl/N-ethyl adjacent to an activating group) is 1. The molecule has 1 aliphatic heterocycles. The van der Waals surface area contributed by atoms with E-state index in [1.807, 2.05) is 6.07 Å². The van der Waals surface area contributed by atoms with Crippen molar-refractivity contribution in [2.24, 2.45) is 0 Å². The molecular formula is C25H27N3OS. The molecule has 1 saturated heterocycles. The third kappa shape index (κ3) is 3.64. The highest BCUT2D eigenvalue weighted by molar-refractivity contribution is 7.17. The smallest absolute Gasteiger partial charge is 0.265 e. The molecule has 3 aromatic rings. The second-order valence-corrected chi connectivity index (χ2v) is 9.42. The van der Waals surface area contributed by atoms with Crippen molar-refractivity contribution in [3.8, 4) is 10.4 Å². The number of piperazine rings is 1. The van der Waals surface area contributed by atoms with Crippen molar-refractivity contribution in [2.45, 2.75) is 19.8 Å². The first kappa shape index (κ1) is 19.3. The Hall–Kier alpha value is -2.63. The second-order valence-electron chi connectivity index (χ2n) is 8.37. The molecule has 154 valence electrons. The number of hydrogen-bond acceptors (Lipinski definition) is 4. The Morgan fingerprint density at radius 3 is 2.53 bits per heavy atom. The number of benzene rings is 2. The van der Waals surface area contributed by atoms with Crippen molar-refractivity contribution < 1.29 is 4.79 Å². The lowest BCUT2D eigenvalue weighted by molar-refractivity contribution is 0.103. The van der Waals surface area contributed by atoms with E-state index in [0.717, 1.165) is 55.1 Å². The molecule has 30 heavy (non-hydrogen) atoms. The van der Waals surface area contributed by atoms with Crippen LogP contribution in [-0.4, -0.2) is 44.0 Å². The lowest BCUT2D eigenvalue weighted by Gasteiger charge is -2.34. The fourth-order valence-corrected chi connectivity index (χ4v) is 5.58. The predicted molar refractivity (Wildman–Crippen MR) is 126 cm³/mol. The van der Waals surface area contributed by atoms with Crippen molar-refractivity contribution in [2.75, 3.05) is 43.4 Å². The van der Waals surface area contributed by atoms with Crippen LogP contribution in [0.1, 0.15) is 26.4 Å². The van der Waals surface area contributed by atoms with Gasteiger partial charge >= 0.3 is 0 Å². The number of aryl methyl sites for hydroxylation is 3. The lowest BCUT2D eigenvalue weighted by atomic mass is 9.91. The summed E-state index contributed by atoms with van der Waals surface area (Å²) in [7, 11) is 2.17. The van der Waals surface area contributed by atoms with Crippen LogP contribution in [0.2, 0.25) is 0 Å². The fourth-order valence-electron chi connectivity index (χ4n) is 4.42. The van der Waals surface area contributed by atoms with Crippen molar-refractivity contribution in [3.05, 3.63) is 70.1 Å². The summed E-state index contributed by atoms with van der Waals surface area (Å²) in [5.41, 5.74) is 7.20. The molecule has 2 aliphatic rings. The summed E-state index contributed by atoms with van der Waals surface area (Å²) < 4.78 is 0. The molecule has 0 unspecified atom stereocenters. The molecule has 5 rings (SSSR count). The van der Waals surface area contributed by atoms with Crippen LogP contribution >= 0.6 is 11.3 Å². The summed E-state index contributed by atoms with van der Waals surface area (Å²) in [5.74, 6) is -0.0117. The van der Waals surface area contributed by atoms with Crippen LogP contribution in [0, 0.1) is 6.92 Å². The van der Waals surface area contributed by atoms with Gasteiger partial charge in [0.1, 0.15) is 0 Å². The van der Waals surface area contributed by atoms with Crippen LogP contribution < -0.4 is 10.2 Å². The first-order valence-electron chi connectivity index (χ1n) is 10.6. The molecule has 0 spiro atoms. The molecule has 1 aromatic heterocycles. The maximum atomic E-state index is 13.0. The van der Waals surface area contributed by atoms with Crippen LogP contribution in [0.5, 0.6) is 0 Å². The van der Waals surface area contributed by atoms with Gasteiger partial charge in [-0.05, 0) is 73.3 Å². The number of rotatable bonds is 3. The van der Waals surface area contributed by atoms with E-state index in [-0.39, 0.29) is 5.91 Å². The first-order valence-corrected chi connectivity index (χ1v) is 11.5. The molecule has 1 fully saturated rings. The van der Waals surface area contributed by atoms with Gasteiger partial charge in [0.15, 0.2) is 0 Å². The number of thiophene rings is 1. The number of amides is 1. The Bertz CT molecular complexity index is 1100. The molecule has 0 bridgehead atoms. The molecular weight excluding hydrogens is 390 g/mol. The normalized spacial score (nSPS) is 16.1. The van der Waals surface area contributed by atoms with Crippen LogP contribution in [-0.2, 0) is 12.8 Å². The standard InChI is InChI=1S/C25H27N3OS/c1-17-15-20(28-13-11-27(2)12-14-28)9-10-22(17)26-25(29)23-16-19-8-7-18-5-3-4-6-21(18)24(19)30-23/h3-6,9-10,15-16H,7-8,11-14H2,1-2H3,(H,26,29). The van der Waals surface area contributed by atoms with Crippen molar-refractivity contribution >= 4 is 28.6 Å². The van der Waals surface area contributed by atoms with E-state index in [0.29, 0.717) is 0 Å². The first-order chi connectivity index (χ1) is 14.6. The van der Waals surface area contributed by atoms with Gasteiger partial charge in [0.25, 0.3) is 5.91 Å². The van der Waals surface area contributed by atoms with E-state index in [1.54, 1.807) is 11.3 Å². The average molecular weight is 418 g/mol. The summed E-state index contributed by atoms with van der Waals surface area (Å²) in [4.78, 5) is 19.8. The van der Waals surface area contributed by atoms with E-state index >= 15 is 0 Å². The topological polar surface area (TPSA) is 35.6 Å². The number of hydrogen-bond donors (Lipinski definition) is 1. The maximum Gasteiger partial charge on any atom is 0.265 e.